The highest BCUT2D eigenvalue weighted by Gasteiger charge is 2.25. The van der Waals surface area contributed by atoms with Crippen LogP contribution < -0.4 is 0 Å². The number of carbonyl (C=O) groups is 2. The van der Waals surface area contributed by atoms with Gasteiger partial charge < -0.3 is 18.7 Å². The molecule has 0 aromatic heterocycles. The minimum absolute atomic E-state index is 0.0511. The predicted octanol–water partition coefficient (Wildman–Crippen LogP) is 2.24. The molecule has 7 nitrogen and oxygen atoms in total. The number of esters is 2. The zero-order valence-electron chi connectivity index (χ0n) is 14.3. The molecule has 126 valence electrons. The largest absolute Gasteiger partial charge is 0.543 e. The average Bonchev–Trinajstić information content (AvgIpc) is 2.29. The lowest BCUT2D eigenvalue weighted by atomic mass is 10.2. The molecule has 0 unspecified atom stereocenters. The zero-order valence-corrected chi connectivity index (χ0v) is 15.3. The second-order valence-corrected chi connectivity index (χ2v) is 10.9. The van der Waals surface area contributed by atoms with Crippen molar-refractivity contribution in [2.24, 2.45) is 5.16 Å². The van der Waals surface area contributed by atoms with Crippen molar-refractivity contribution < 1.29 is 28.3 Å². The fourth-order valence-corrected chi connectivity index (χ4v) is 2.07. The fourth-order valence-electron chi connectivity index (χ4n) is 1.24. The van der Waals surface area contributed by atoms with E-state index < -0.39 is 32.5 Å². The van der Waals surface area contributed by atoms with Crippen LogP contribution in [-0.4, -0.2) is 45.3 Å². The summed E-state index contributed by atoms with van der Waals surface area (Å²) in [5.74, 6) is -1.31. The molecule has 0 fully saturated rings. The first-order valence-electron chi connectivity index (χ1n) is 6.74. The SMILES string of the molecule is C=C(O[Si](C)(C)C)/C(=N/OCC(=O)OC(C)(C)C)C(=O)OC. The monoisotopic (exact) mass is 331 g/mol. The number of nitrogens with zero attached hydrogens (tertiary/aromatic N) is 1. The van der Waals surface area contributed by atoms with Gasteiger partial charge in [0.25, 0.3) is 0 Å². The van der Waals surface area contributed by atoms with Crippen LogP contribution in [-0.2, 0) is 28.3 Å². The summed E-state index contributed by atoms with van der Waals surface area (Å²) in [7, 11) is -0.768. The molecule has 0 aliphatic carbocycles. The fraction of sp³-hybridized carbons (Fsp3) is 0.643. The van der Waals surface area contributed by atoms with Gasteiger partial charge in [0.1, 0.15) is 11.4 Å². The van der Waals surface area contributed by atoms with Crippen molar-refractivity contribution in [1.82, 2.24) is 0 Å². The van der Waals surface area contributed by atoms with Crippen molar-refractivity contribution in [1.29, 1.82) is 0 Å². The summed E-state index contributed by atoms with van der Waals surface area (Å²) in [4.78, 5) is 28.0. The Morgan fingerprint density at radius 1 is 1.18 bits per heavy atom. The van der Waals surface area contributed by atoms with Crippen molar-refractivity contribution in [3.05, 3.63) is 12.3 Å². The third-order valence-electron chi connectivity index (χ3n) is 1.83. The van der Waals surface area contributed by atoms with Crippen LogP contribution in [0, 0.1) is 0 Å². The van der Waals surface area contributed by atoms with Gasteiger partial charge in [-0.1, -0.05) is 11.7 Å². The van der Waals surface area contributed by atoms with E-state index in [4.69, 9.17) is 14.0 Å². The van der Waals surface area contributed by atoms with Crippen molar-refractivity contribution in [3.63, 3.8) is 0 Å². The van der Waals surface area contributed by atoms with Crippen LogP contribution in [0.5, 0.6) is 0 Å². The van der Waals surface area contributed by atoms with E-state index in [0.29, 0.717) is 0 Å². The van der Waals surface area contributed by atoms with Crippen LogP contribution in [0.3, 0.4) is 0 Å². The van der Waals surface area contributed by atoms with E-state index in [1.807, 2.05) is 19.6 Å². The van der Waals surface area contributed by atoms with Gasteiger partial charge in [0, 0.05) is 0 Å². The molecule has 0 atom stereocenters. The first-order valence-corrected chi connectivity index (χ1v) is 10.1. The summed E-state index contributed by atoms with van der Waals surface area (Å²) in [5, 5.41) is 3.59. The Kier molecular flexibility index (Phi) is 7.31. The maximum absolute atomic E-state index is 11.7. The molecular formula is C14H25NO6Si. The molecule has 0 aromatic rings. The molecule has 22 heavy (non-hydrogen) atoms. The molecule has 0 radical (unpaired) electrons. The summed E-state index contributed by atoms with van der Waals surface area (Å²) in [6.45, 7) is 14.2. The van der Waals surface area contributed by atoms with Crippen molar-refractivity contribution in [2.45, 2.75) is 46.0 Å². The smallest absolute Gasteiger partial charge is 0.363 e. The first kappa shape index (κ1) is 20.2. The van der Waals surface area contributed by atoms with Crippen LogP contribution in [0.1, 0.15) is 20.8 Å². The van der Waals surface area contributed by atoms with Crippen molar-refractivity contribution >= 4 is 26.0 Å². The molecule has 0 amide bonds. The Bertz CT molecular complexity index is 459. The normalized spacial score (nSPS) is 12.4. The highest BCUT2D eigenvalue weighted by Crippen LogP contribution is 2.12. The van der Waals surface area contributed by atoms with Crippen LogP contribution in [0.25, 0.3) is 0 Å². The number of hydrogen-bond acceptors (Lipinski definition) is 7. The van der Waals surface area contributed by atoms with Gasteiger partial charge in [-0.25, -0.2) is 9.59 Å². The molecule has 0 spiro atoms. The first-order chi connectivity index (χ1) is 9.85. The second kappa shape index (κ2) is 7.97. The van der Waals surface area contributed by atoms with Crippen molar-refractivity contribution in [3.8, 4) is 0 Å². The minimum Gasteiger partial charge on any atom is -0.543 e. The number of rotatable bonds is 7. The Morgan fingerprint density at radius 3 is 2.14 bits per heavy atom. The van der Waals surface area contributed by atoms with Crippen LogP contribution in [0.4, 0.5) is 0 Å². The topological polar surface area (TPSA) is 83.4 Å². The Hall–Kier alpha value is -1.83. The molecular weight excluding hydrogens is 306 g/mol. The summed E-state index contributed by atoms with van der Waals surface area (Å²) >= 11 is 0. The van der Waals surface area contributed by atoms with Gasteiger partial charge in [0.2, 0.25) is 20.6 Å². The van der Waals surface area contributed by atoms with Gasteiger partial charge in [-0.05, 0) is 40.4 Å². The number of hydrogen-bond donors (Lipinski definition) is 0. The van der Waals surface area contributed by atoms with Crippen molar-refractivity contribution in [2.75, 3.05) is 13.7 Å². The third-order valence-corrected chi connectivity index (χ3v) is 2.69. The highest BCUT2D eigenvalue weighted by molar-refractivity contribution is 6.70. The van der Waals surface area contributed by atoms with Crippen LogP contribution in [0.2, 0.25) is 19.6 Å². The van der Waals surface area contributed by atoms with E-state index in [2.05, 4.69) is 16.5 Å². The zero-order chi connectivity index (χ0) is 17.6. The van der Waals surface area contributed by atoms with Crippen LogP contribution >= 0.6 is 0 Å². The van der Waals surface area contributed by atoms with Gasteiger partial charge in [-0.3, -0.25) is 0 Å². The lowest BCUT2D eigenvalue weighted by Crippen LogP contribution is -2.30. The molecule has 8 heteroatoms. The van der Waals surface area contributed by atoms with E-state index in [0.717, 1.165) is 0 Å². The molecule has 0 aliphatic heterocycles. The van der Waals surface area contributed by atoms with Gasteiger partial charge in [-0.2, -0.15) is 0 Å². The Labute approximate surface area is 132 Å². The molecule has 0 saturated carbocycles. The lowest BCUT2D eigenvalue weighted by molar-refractivity contribution is -0.160. The van der Waals surface area contributed by atoms with E-state index in [-0.39, 0.29) is 11.5 Å². The summed E-state index contributed by atoms with van der Waals surface area (Å²) in [6, 6.07) is 0. The number of ether oxygens (including phenoxy) is 2. The molecule has 0 rings (SSSR count). The van der Waals surface area contributed by atoms with E-state index in [1.54, 1.807) is 20.8 Å². The number of methoxy groups -OCH3 is 1. The maximum atomic E-state index is 11.7. The Morgan fingerprint density at radius 2 is 1.73 bits per heavy atom. The van der Waals surface area contributed by atoms with E-state index >= 15 is 0 Å². The molecule has 0 aliphatic rings. The van der Waals surface area contributed by atoms with Gasteiger partial charge >= 0.3 is 11.9 Å². The standard InChI is InChI=1S/C14H25NO6Si/c1-10(21-22(6,7)8)12(13(17)18-5)15-19-9-11(16)20-14(2,3)4/h1,9H2,2-8H3/b15-12-. The highest BCUT2D eigenvalue weighted by atomic mass is 28.4. The minimum atomic E-state index is -1.97. The summed E-state index contributed by atoms with van der Waals surface area (Å²) in [5.41, 5.74) is -0.839. The molecule has 0 heterocycles. The number of carbonyl (C=O) groups excluding carboxylic acids is 2. The van der Waals surface area contributed by atoms with E-state index in [9.17, 15) is 9.59 Å². The molecule has 0 N–H and O–H groups in total. The molecule has 0 aromatic carbocycles. The van der Waals surface area contributed by atoms with E-state index in [1.165, 1.54) is 7.11 Å². The summed E-state index contributed by atoms with van der Waals surface area (Å²) < 4.78 is 15.2. The lowest BCUT2D eigenvalue weighted by Gasteiger charge is -2.21. The second-order valence-electron chi connectivity index (χ2n) is 6.43. The quantitative estimate of drug-likeness (QED) is 0.234. The van der Waals surface area contributed by atoms with Crippen LogP contribution in [0.15, 0.2) is 17.5 Å². The predicted molar refractivity (Wildman–Crippen MR) is 84.8 cm³/mol. The maximum Gasteiger partial charge on any atom is 0.363 e. The van der Waals surface area contributed by atoms with Gasteiger partial charge in [-0.15, -0.1) is 0 Å². The van der Waals surface area contributed by atoms with Gasteiger partial charge in [0.15, 0.2) is 0 Å². The third kappa shape index (κ3) is 9.17. The Balaban J connectivity index is 4.81. The number of oxime groups is 1. The van der Waals surface area contributed by atoms with Gasteiger partial charge in [0.05, 0.1) is 7.11 Å². The average molecular weight is 331 g/mol. The molecule has 0 saturated heterocycles. The molecule has 0 bridgehead atoms. The summed E-state index contributed by atoms with van der Waals surface area (Å²) in [6.07, 6.45) is 0.